The van der Waals surface area contributed by atoms with Crippen molar-refractivity contribution in [1.29, 1.82) is 0 Å². The lowest BCUT2D eigenvalue weighted by Gasteiger charge is -2.18. The number of nitrogens with zero attached hydrogens (tertiary/aromatic N) is 2. The molecule has 0 radical (unpaired) electrons. The molecule has 0 amide bonds. The van der Waals surface area contributed by atoms with E-state index in [0.717, 1.165) is 11.4 Å². The van der Waals surface area contributed by atoms with E-state index in [1.807, 2.05) is 0 Å². The highest BCUT2D eigenvalue weighted by molar-refractivity contribution is 6.23. The van der Waals surface area contributed by atoms with Crippen LogP contribution in [0.1, 0.15) is 0 Å². The van der Waals surface area contributed by atoms with Gasteiger partial charge in [-0.25, -0.2) is 0 Å². The molecular formula is C112H74N2. The maximum absolute atomic E-state index is 2.42. The van der Waals surface area contributed by atoms with Crippen LogP contribution in [-0.2, 0) is 0 Å². The molecule has 2 heteroatoms. The Hall–Kier alpha value is -15.0. The third kappa shape index (κ3) is 12.0. The number of hydrogen-bond donors (Lipinski definition) is 0. The van der Waals surface area contributed by atoms with E-state index in [2.05, 4.69) is 458 Å². The second kappa shape index (κ2) is 28.8. The van der Waals surface area contributed by atoms with Crippen LogP contribution in [0, 0.1) is 0 Å². The van der Waals surface area contributed by atoms with E-state index in [0.29, 0.717) is 0 Å². The highest BCUT2D eigenvalue weighted by Crippen LogP contribution is 2.48. The van der Waals surface area contributed by atoms with Gasteiger partial charge in [-0.05, 0) is 233 Å². The first-order valence-electron chi connectivity index (χ1n) is 39.4. The summed E-state index contributed by atoms with van der Waals surface area (Å²) >= 11 is 0. The summed E-state index contributed by atoms with van der Waals surface area (Å²) in [5.41, 5.74) is 31.7. The molecule has 0 aliphatic carbocycles. The summed E-state index contributed by atoms with van der Waals surface area (Å²) in [6.07, 6.45) is 0. The van der Waals surface area contributed by atoms with Gasteiger partial charge in [0.25, 0.3) is 0 Å². The molecule has 0 saturated carbocycles. The standard InChI is InChI=1S/2C56H37N/c1-3-15-38(16-4-1)41-19-13-20-42(35-41)43-21-14-22-44(36-43)45-31-34-54-52(37-45)47-23-11-12-28-53(47)57(54)46-32-29-40(30-33-46)56-50-26-9-7-24-48(50)55(39-17-5-2-6-18-39)49-25-8-10-27-51(49)56;1-3-14-38(15-4-1)39-26-28-40(29-27-39)43-18-13-19-44(36-43)45-32-35-54-52(37-45)47-20-11-12-25-53(47)57(54)46-33-30-42(31-34-46)56-50-23-9-7-21-48(50)55(41-16-5-2-6-17-41)49-22-8-10-24-51(49)56/h2*1-37H. The summed E-state index contributed by atoms with van der Waals surface area (Å²) in [4.78, 5) is 0. The molecule has 532 valence electrons. The molecule has 20 aromatic carbocycles. The fourth-order valence-electron chi connectivity index (χ4n) is 17.9. The molecule has 2 aromatic heterocycles. The zero-order chi connectivity index (χ0) is 75.4. The number of rotatable bonds is 12. The van der Waals surface area contributed by atoms with E-state index in [1.54, 1.807) is 0 Å². The Morgan fingerprint density at radius 2 is 0.289 bits per heavy atom. The highest BCUT2D eigenvalue weighted by Gasteiger charge is 2.22. The average Bonchev–Trinajstić information content (AvgIpc) is 1.30. The molecule has 0 atom stereocenters. The Kier molecular flexibility index (Phi) is 17.0. The molecule has 22 aromatic rings. The molecule has 0 unspecified atom stereocenters. The molecule has 0 aliphatic heterocycles. The van der Waals surface area contributed by atoms with Crippen molar-refractivity contribution in [2.75, 3.05) is 0 Å². The van der Waals surface area contributed by atoms with Crippen molar-refractivity contribution in [2.45, 2.75) is 0 Å². The average molecular weight is 1450 g/mol. The zero-order valence-electron chi connectivity index (χ0n) is 62.6. The molecule has 2 heterocycles. The van der Waals surface area contributed by atoms with Gasteiger partial charge in [0.1, 0.15) is 0 Å². The van der Waals surface area contributed by atoms with Crippen LogP contribution in [0.25, 0.3) is 209 Å². The summed E-state index contributed by atoms with van der Waals surface area (Å²) in [6.45, 7) is 0. The van der Waals surface area contributed by atoms with Gasteiger partial charge in [0.05, 0.1) is 22.1 Å². The molecule has 0 aliphatic rings. The van der Waals surface area contributed by atoms with E-state index < -0.39 is 0 Å². The number of hydrogen-bond acceptors (Lipinski definition) is 0. The van der Waals surface area contributed by atoms with Gasteiger partial charge in [0, 0.05) is 32.9 Å². The van der Waals surface area contributed by atoms with E-state index in [-0.39, 0.29) is 0 Å². The predicted molar refractivity (Wildman–Crippen MR) is 486 cm³/mol. The first kappa shape index (κ1) is 67.2. The van der Waals surface area contributed by atoms with E-state index in [1.165, 1.54) is 198 Å². The van der Waals surface area contributed by atoms with Gasteiger partial charge in [0.15, 0.2) is 0 Å². The molecule has 0 bridgehead atoms. The summed E-state index contributed by atoms with van der Waals surface area (Å²) in [6, 6.07) is 164. The van der Waals surface area contributed by atoms with Crippen molar-refractivity contribution in [3.63, 3.8) is 0 Å². The van der Waals surface area contributed by atoms with Crippen molar-refractivity contribution in [3.8, 4) is 123 Å². The van der Waals surface area contributed by atoms with E-state index in [9.17, 15) is 0 Å². The maximum atomic E-state index is 2.42. The molecule has 0 fully saturated rings. The lowest BCUT2D eigenvalue weighted by atomic mass is 9.86. The first-order chi connectivity index (χ1) is 56.6. The molecule has 0 spiro atoms. The van der Waals surface area contributed by atoms with Crippen LogP contribution in [0.2, 0.25) is 0 Å². The summed E-state index contributed by atoms with van der Waals surface area (Å²) in [5, 5.41) is 15.1. The third-order valence-corrected chi connectivity index (χ3v) is 23.2. The fourth-order valence-corrected chi connectivity index (χ4v) is 17.9. The van der Waals surface area contributed by atoms with Crippen LogP contribution in [-0.4, -0.2) is 9.13 Å². The summed E-state index contributed by atoms with van der Waals surface area (Å²) in [5.74, 6) is 0. The Bertz CT molecular complexity index is 7290. The molecule has 114 heavy (non-hydrogen) atoms. The third-order valence-electron chi connectivity index (χ3n) is 23.2. The monoisotopic (exact) mass is 1450 g/mol. The van der Waals surface area contributed by atoms with Gasteiger partial charge >= 0.3 is 0 Å². The van der Waals surface area contributed by atoms with Gasteiger partial charge < -0.3 is 9.13 Å². The number of benzene rings is 20. The second-order valence-electron chi connectivity index (χ2n) is 29.7. The maximum Gasteiger partial charge on any atom is 0.0541 e. The fraction of sp³-hybridized carbons (Fsp3) is 0. The SMILES string of the molecule is c1ccc(-c2ccc(-c3cccc(-c4ccc5c(c4)c4ccccc4n5-c4ccc(-c5c6ccccc6c(-c6ccccc6)c6ccccc56)cc4)c3)cc2)cc1.c1ccc(-c2cccc(-c3cccc(-c4ccc5c(c4)c4ccccc4n5-c4ccc(-c5c6ccccc6c(-c6ccccc6)c6ccccc56)cc4)c3)c2)cc1. The van der Waals surface area contributed by atoms with Crippen LogP contribution in [0.5, 0.6) is 0 Å². The second-order valence-corrected chi connectivity index (χ2v) is 29.7. The summed E-state index contributed by atoms with van der Waals surface area (Å²) in [7, 11) is 0. The highest BCUT2D eigenvalue weighted by atomic mass is 15.0. The van der Waals surface area contributed by atoms with Crippen LogP contribution in [0.15, 0.2) is 449 Å². The lowest BCUT2D eigenvalue weighted by Crippen LogP contribution is -1.94. The summed E-state index contributed by atoms with van der Waals surface area (Å²) < 4.78 is 4.83. The Morgan fingerprint density at radius 1 is 0.105 bits per heavy atom. The van der Waals surface area contributed by atoms with Crippen molar-refractivity contribution < 1.29 is 0 Å². The van der Waals surface area contributed by atoms with Gasteiger partial charge in [-0.2, -0.15) is 0 Å². The zero-order valence-corrected chi connectivity index (χ0v) is 62.6. The largest absolute Gasteiger partial charge is 0.309 e. The molecular weight excluding hydrogens is 1370 g/mol. The predicted octanol–water partition coefficient (Wildman–Crippen LogP) is 30.9. The van der Waals surface area contributed by atoms with E-state index in [4.69, 9.17) is 0 Å². The van der Waals surface area contributed by atoms with Crippen molar-refractivity contribution >= 4 is 86.7 Å². The van der Waals surface area contributed by atoms with Crippen LogP contribution < -0.4 is 0 Å². The van der Waals surface area contributed by atoms with Gasteiger partial charge in [-0.3, -0.25) is 0 Å². The van der Waals surface area contributed by atoms with Crippen molar-refractivity contribution in [2.24, 2.45) is 0 Å². The quantitative estimate of drug-likeness (QED) is 0.108. The smallest absolute Gasteiger partial charge is 0.0541 e. The lowest BCUT2D eigenvalue weighted by molar-refractivity contribution is 1.18. The van der Waals surface area contributed by atoms with Crippen molar-refractivity contribution in [1.82, 2.24) is 9.13 Å². The minimum Gasteiger partial charge on any atom is -0.309 e. The molecule has 0 N–H and O–H groups in total. The molecule has 22 rings (SSSR count). The first-order valence-corrected chi connectivity index (χ1v) is 39.4. The molecule has 0 saturated heterocycles. The van der Waals surface area contributed by atoms with Crippen LogP contribution in [0.4, 0.5) is 0 Å². The Labute approximate surface area is 662 Å². The minimum atomic E-state index is 1.15. The van der Waals surface area contributed by atoms with Crippen LogP contribution in [0.3, 0.4) is 0 Å². The van der Waals surface area contributed by atoms with Crippen LogP contribution >= 0.6 is 0 Å². The van der Waals surface area contributed by atoms with Gasteiger partial charge in [-0.1, -0.05) is 370 Å². The Balaban J connectivity index is 0.000000143. The van der Waals surface area contributed by atoms with E-state index >= 15 is 0 Å². The number of fused-ring (bicyclic) bond motifs is 10. The number of aromatic nitrogens is 2. The van der Waals surface area contributed by atoms with Gasteiger partial charge in [0.2, 0.25) is 0 Å². The topological polar surface area (TPSA) is 9.86 Å². The van der Waals surface area contributed by atoms with Gasteiger partial charge in [-0.15, -0.1) is 0 Å². The van der Waals surface area contributed by atoms with Crippen molar-refractivity contribution in [3.05, 3.63) is 449 Å². The molecule has 2 nitrogen and oxygen atoms in total. The minimum absolute atomic E-state index is 1.15. The Morgan fingerprint density at radius 3 is 0.596 bits per heavy atom. The number of para-hydroxylation sites is 2. The normalized spacial score (nSPS) is 11.5.